The minimum atomic E-state index is -0.543. The quantitative estimate of drug-likeness (QED) is 0.627. The first-order chi connectivity index (χ1) is 14.6. The van der Waals surface area contributed by atoms with Gasteiger partial charge in [0.15, 0.2) is 5.79 Å². The van der Waals surface area contributed by atoms with E-state index >= 15 is 0 Å². The van der Waals surface area contributed by atoms with Crippen LogP contribution >= 0.6 is 0 Å². The molecule has 0 radical (unpaired) electrons. The van der Waals surface area contributed by atoms with Gasteiger partial charge in [-0.05, 0) is 72.1 Å². The van der Waals surface area contributed by atoms with Crippen LogP contribution in [0.4, 0.5) is 4.79 Å². The van der Waals surface area contributed by atoms with Crippen LogP contribution in [-0.2, 0) is 14.2 Å². The fourth-order valence-electron chi connectivity index (χ4n) is 5.20. The summed E-state index contributed by atoms with van der Waals surface area (Å²) in [5.41, 5.74) is -0.543. The molecule has 0 aromatic rings. The molecule has 6 nitrogen and oxygen atoms in total. The number of allylic oxidation sites excluding steroid dienone is 4. The van der Waals surface area contributed by atoms with Gasteiger partial charge in [0, 0.05) is 12.5 Å². The number of likely N-dealkylation sites (tertiary alicyclic amines) is 1. The molecule has 0 unspecified atom stereocenters. The van der Waals surface area contributed by atoms with Gasteiger partial charge in [-0.1, -0.05) is 30.7 Å². The van der Waals surface area contributed by atoms with Crippen LogP contribution in [0.2, 0.25) is 0 Å². The van der Waals surface area contributed by atoms with Crippen LogP contribution in [0.15, 0.2) is 24.3 Å². The molecule has 1 aliphatic carbocycles. The Labute approximate surface area is 187 Å². The zero-order valence-corrected chi connectivity index (χ0v) is 19.9. The molecule has 0 spiro atoms. The molecule has 31 heavy (non-hydrogen) atoms. The van der Waals surface area contributed by atoms with E-state index in [1.165, 1.54) is 0 Å². The van der Waals surface area contributed by atoms with E-state index in [2.05, 4.69) is 24.3 Å². The molecular weight excluding hydrogens is 394 g/mol. The molecule has 1 amide bonds. The monoisotopic (exact) mass is 435 g/mol. The highest BCUT2D eigenvalue weighted by atomic mass is 16.7. The second kappa shape index (κ2) is 10.1. The molecule has 1 saturated carbocycles. The maximum atomic E-state index is 12.9. The molecule has 2 heterocycles. The maximum Gasteiger partial charge on any atom is 0.410 e. The standard InChI is InChI=1S/C25H41NO5/c1-18-22(27)17-20-19(11-8-6-7-9-14-25(5)29-15-16-30-25)12-10-13-21(20)26(18)23(28)31-24(2,3)4/h6-8,11,18-22,27H,9-10,12-17H2,1-5H3/b7-6+,11-8+/t18-,19+,20-,21+,22-/m0/s1. The molecule has 0 bridgehead atoms. The molecule has 0 aromatic carbocycles. The number of ether oxygens (including phenoxy) is 3. The fourth-order valence-corrected chi connectivity index (χ4v) is 5.20. The van der Waals surface area contributed by atoms with Gasteiger partial charge in [0.1, 0.15) is 5.60 Å². The summed E-state index contributed by atoms with van der Waals surface area (Å²) in [6.07, 6.45) is 13.4. The number of aliphatic hydroxyl groups is 1. The number of carbonyl (C=O) groups is 1. The summed E-state index contributed by atoms with van der Waals surface area (Å²) in [6, 6.07) is -0.0997. The molecule has 3 aliphatic rings. The smallest absolute Gasteiger partial charge is 0.410 e. The van der Waals surface area contributed by atoms with Crippen molar-refractivity contribution in [1.82, 2.24) is 4.90 Å². The Morgan fingerprint density at radius 3 is 2.61 bits per heavy atom. The SMILES string of the molecule is C[C@H]1[C@@H](O)C[C@H]2[C@H](/C=C/C=C/CCC3(C)OCCO3)CCC[C@H]2N1C(=O)OC(C)(C)C. The second-order valence-electron chi connectivity index (χ2n) is 10.4. The highest BCUT2D eigenvalue weighted by Crippen LogP contribution is 2.42. The Balaban J connectivity index is 1.60. The molecule has 5 atom stereocenters. The first kappa shape index (κ1) is 24.3. The van der Waals surface area contributed by atoms with Crippen molar-refractivity contribution in [2.45, 2.75) is 103 Å². The van der Waals surface area contributed by atoms with Crippen molar-refractivity contribution in [2.24, 2.45) is 11.8 Å². The highest BCUT2D eigenvalue weighted by Gasteiger charge is 2.47. The number of aliphatic hydroxyl groups excluding tert-OH is 1. The average Bonchev–Trinajstić information content (AvgIpc) is 3.11. The molecule has 2 saturated heterocycles. The summed E-state index contributed by atoms with van der Waals surface area (Å²) in [5, 5.41) is 10.7. The molecule has 3 rings (SSSR count). The molecule has 0 aromatic heterocycles. The van der Waals surface area contributed by atoms with Crippen LogP contribution in [0.5, 0.6) is 0 Å². The lowest BCUT2D eigenvalue weighted by Gasteiger charge is -2.51. The third-order valence-corrected chi connectivity index (χ3v) is 6.82. The Hall–Kier alpha value is -1.37. The van der Waals surface area contributed by atoms with Crippen molar-refractivity contribution in [3.8, 4) is 0 Å². The minimum Gasteiger partial charge on any atom is -0.444 e. The molecule has 3 fully saturated rings. The van der Waals surface area contributed by atoms with Gasteiger partial charge in [0.25, 0.3) is 0 Å². The predicted octanol–water partition coefficient (Wildman–Crippen LogP) is 4.82. The van der Waals surface area contributed by atoms with Crippen molar-refractivity contribution in [3.63, 3.8) is 0 Å². The van der Waals surface area contributed by atoms with Crippen LogP contribution in [0.3, 0.4) is 0 Å². The lowest BCUT2D eigenvalue weighted by molar-refractivity contribution is -0.145. The Morgan fingerprint density at radius 1 is 1.23 bits per heavy atom. The van der Waals surface area contributed by atoms with Gasteiger partial charge in [-0.2, -0.15) is 0 Å². The average molecular weight is 436 g/mol. The van der Waals surface area contributed by atoms with Gasteiger partial charge in [-0.25, -0.2) is 4.79 Å². The van der Waals surface area contributed by atoms with Crippen LogP contribution < -0.4 is 0 Å². The number of hydrogen-bond donors (Lipinski definition) is 1. The first-order valence-corrected chi connectivity index (χ1v) is 11.9. The lowest BCUT2D eigenvalue weighted by atomic mass is 9.69. The largest absolute Gasteiger partial charge is 0.444 e. The summed E-state index contributed by atoms with van der Waals surface area (Å²) in [4.78, 5) is 14.8. The van der Waals surface area contributed by atoms with Gasteiger partial charge < -0.3 is 19.3 Å². The zero-order chi connectivity index (χ0) is 22.6. The van der Waals surface area contributed by atoms with Crippen LogP contribution in [-0.4, -0.2) is 58.9 Å². The number of rotatable bonds is 5. The molecule has 2 aliphatic heterocycles. The lowest BCUT2D eigenvalue weighted by Crippen LogP contribution is -2.61. The number of nitrogens with zero attached hydrogens (tertiary/aromatic N) is 1. The number of carbonyl (C=O) groups excluding carboxylic acids is 1. The maximum absolute atomic E-state index is 12.9. The molecule has 1 N–H and O–H groups in total. The summed E-state index contributed by atoms with van der Waals surface area (Å²) in [6.45, 7) is 10.9. The Bertz CT molecular complexity index is 661. The van der Waals surface area contributed by atoms with Crippen molar-refractivity contribution >= 4 is 6.09 Å². The van der Waals surface area contributed by atoms with E-state index in [0.29, 0.717) is 19.1 Å². The summed E-state index contributed by atoms with van der Waals surface area (Å²) < 4.78 is 17.0. The Morgan fingerprint density at radius 2 is 1.94 bits per heavy atom. The summed E-state index contributed by atoms with van der Waals surface area (Å²) in [5.74, 6) is 0.177. The van der Waals surface area contributed by atoms with E-state index in [1.54, 1.807) is 0 Å². The highest BCUT2D eigenvalue weighted by molar-refractivity contribution is 5.69. The van der Waals surface area contributed by atoms with Gasteiger partial charge in [0.2, 0.25) is 0 Å². The fraction of sp³-hybridized carbons (Fsp3) is 0.800. The summed E-state index contributed by atoms with van der Waals surface area (Å²) in [7, 11) is 0. The Kier molecular flexibility index (Phi) is 7.87. The number of hydrogen-bond acceptors (Lipinski definition) is 5. The van der Waals surface area contributed by atoms with E-state index in [-0.39, 0.29) is 24.1 Å². The van der Waals surface area contributed by atoms with Crippen LogP contribution in [0.1, 0.15) is 73.1 Å². The first-order valence-electron chi connectivity index (χ1n) is 11.9. The third kappa shape index (κ3) is 6.33. The van der Waals surface area contributed by atoms with Crippen LogP contribution in [0.25, 0.3) is 0 Å². The number of amides is 1. The van der Waals surface area contributed by atoms with E-state index < -0.39 is 17.5 Å². The van der Waals surface area contributed by atoms with E-state index in [0.717, 1.165) is 38.5 Å². The van der Waals surface area contributed by atoms with Crippen molar-refractivity contribution in [3.05, 3.63) is 24.3 Å². The van der Waals surface area contributed by atoms with Gasteiger partial charge in [-0.3, -0.25) is 4.90 Å². The van der Waals surface area contributed by atoms with Crippen molar-refractivity contribution < 1.29 is 24.1 Å². The second-order valence-corrected chi connectivity index (χ2v) is 10.4. The summed E-state index contributed by atoms with van der Waals surface area (Å²) >= 11 is 0. The minimum absolute atomic E-state index is 0.122. The normalized spacial score (nSPS) is 33.7. The zero-order valence-electron chi connectivity index (χ0n) is 19.9. The van der Waals surface area contributed by atoms with E-state index in [1.807, 2.05) is 39.5 Å². The topological polar surface area (TPSA) is 68.2 Å². The molecule has 176 valence electrons. The van der Waals surface area contributed by atoms with Crippen molar-refractivity contribution in [1.29, 1.82) is 0 Å². The van der Waals surface area contributed by atoms with E-state index in [9.17, 15) is 9.90 Å². The van der Waals surface area contributed by atoms with Gasteiger partial charge in [-0.15, -0.1) is 0 Å². The third-order valence-electron chi connectivity index (χ3n) is 6.82. The molecule has 6 heteroatoms. The van der Waals surface area contributed by atoms with Gasteiger partial charge in [0.05, 0.1) is 25.4 Å². The number of piperidine rings is 1. The number of fused-ring (bicyclic) bond motifs is 1. The van der Waals surface area contributed by atoms with Crippen LogP contribution in [0, 0.1) is 11.8 Å². The molecular formula is C25H41NO5. The van der Waals surface area contributed by atoms with E-state index in [4.69, 9.17) is 14.2 Å². The van der Waals surface area contributed by atoms with Gasteiger partial charge >= 0.3 is 6.09 Å². The van der Waals surface area contributed by atoms with Crippen molar-refractivity contribution in [2.75, 3.05) is 13.2 Å². The predicted molar refractivity (Wildman–Crippen MR) is 121 cm³/mol.